The molecule has 8 heteroatoms. The van der Waals surface area contributed by atoms with Crippen molar-refractivity contribution in [3.05, 3.63) is 23.9 Å². The van der Waals surface area contributed by atoms with Crippen LogP contribution in [0.25, 0.3) is 0 Å². The van der Waals surface area contributed by atoms with Gasteiger partial charge in [-0.25, -0.2) is 8.42 Å². The smallest absolute Gasteiger partial charge is 0.257 e. The van der Waals surface area contributed by atoms with Crippen molar-refractivity contribution < 1.29 is 13.2 Å². The molecular formula is C13H18N4O3S. The third-order valence-corrected chi connectivity index (χ3v) is 4.98. The summed E-state index contributed by atoms with van der Waals surface area (Å²) >= 11 is 0. The van der Waals surface area contributed by atoms with Crippen molar-refractivity contribution in [3.8, 4) is 0 Å². The average molecular weight is 310 g/mol. The number of hydrogen-bond acceptors (Lipinski definition) is 5. The Kier molecular flexibility index (Phi) is 3.58. The first-order valence-corrected chi connectivity index (χ1v) is 8.60. The van der Waals surface area contributed by atoms with Crippen molar-refractivity contribution in [1.29, 1.82) is 0 Å². The Morgan fingerprint density at radius 2 is 2.19 bits per heavy atom. The van der Waals surface area contributed by atoms with Crippen LogP contribution in [0.2, 0.25) is 0 Å². The monoisotopic (exact) mass is 310 g/mol. The SMILES string of the molecule is NC1CCCN(C(=O)C2=CC=CN3CCS(=O)(=O)N=C23)C1. The molecule has 114 valence electrons. The second kappa shape index (κ2) is 5.27. The van der Waals surface area contributed by atoms with Gasteiger partial charge in [0, 0.05) is 31.9 Å². The summed E-state index contributed by atoms with van der Waals surface area (Å²) in [6.07, 6.45) is 6.88. The highest BCUT2D eigenvalue weighted by atomic mass is 32.2. The Hall–Kier alpha value is -1.67. The number of hydrogen-bond donors (Lipinski definition) is 1. The Morgan fingerprint density at radius 3 is 2.95 bits per heavy atom. The highest BCUT2D eigenvalue weighted by Crippen LogP contribution is 2.21. The normalized spacial score (nSPS) is 27.8. The minimum atomic E-state index is -3.48. The molecule has 1 fully saturated rings. The van der Waals surface area contributed by atoms with Crippen LogP contribution in [-0.2, 0) is 14.8 Å². The van der Waals surface area contributed by atoms with E-state index in [1.807, 2.05) is 0 Å². The highest BCUT2D eigenvalue weighted by Gasteiger charge is 2.33. The third-order valence-electron chi connectivity index (χ3n) is 3.83. The number of fused-ring (bicyclic) bond motifs is 1. The van der Waals surface area contributed by atoms with E-state index in [9.17, 15) is 13.2 Å². The van der Waals surface area contributed by atoms with Crippen LogP contribution in [0.1, 0.15) is 12.8 Å². The first-order valence-electron chi connectivity index (χ1n) is 6.99. The van der Waals surface area contributed by atoms with Crippen LogP contribution in [-0.4, -0.2) is 61.4 Å². The largest absolute Gasteiger partial charge is 0.337 e. The Balaban J connectivity index is 1.90. The maximum atomic E-state index is 12.6. The van der Waals surface area contributed by atoms with Crippen LogP contribution in [0.5, 0.6) is 0 Å². The van der Waals surface area contributed by atoms with Crippen LogP contribution in [0.15, 0.2) is 28.3 Å². The molecular weight excluding hydrogens is 292 g/mol. The Labute approximate surface area is 123 Å². The first kappa shape index (κ1) is 14.3. The van der Waals surface area contributed by atoms with E-state index in [4.69, 9.17) is 5.73 Å². The van der Waals surface area contributed by atoms with Gasteiger partial charge < -0.3 is 15.5 Å². The first-order chi connectivity index (χ1) is 9.96. The van der Waals surface area contributed by atoms with Crippen LogP contribution in [0, 0.1) is 0 Å². The molecule has 21 heavy (non-hydrogen) atoms. The molecule has 3 aliphatic rings. The number of nitrogens with two attached hydrogens (primary N) is 1. The van der Waals surface area contributed by atoms with Crippen molar-refractivity contribution in [2.24, 2.45) is 10.1 Å². The van der Waals surface area contributed by atoms with Crippen LogP contribution >= 0.6 is 0 Å². The zero-order chi connectivity index (χ0) is 15.0. The van der Waals surface area contributed by atoms with Crippen LogP contribution in [0.3, 0.4) is 0 Å². The third kappa shape index (κ3) is 2.86. The molecule has 1 atom stereocenters. The summed E-state index contributed by atoms with van der Waals surface area (Å²) in [5, 5.41) is 0. The van der Waals surface area contributed by atoms with Gasteiger partial charge in [-0.3, -0.25) is 4.79 Å². The van der Waals surface area contributed by atoms with E-state index in [-0.39, 0.29) is 23.5 Å². The zero-order valence-corrected chi connectivity index (χ0v) is 12.4. The number of nitrogens with zero attached hydrogens (tertiary/aromatic N) is 3. The highest BCUT2D eigenvalue weighted by molar-refractivity contribution is 7.90. The summed E-state index contributed by atoms with van der Waals surface area (Å²) in [6, 6.07) is -0.0180. The lowest BCUT2D eigenvalue weighted by atomic mass is 10.0. The summed E-state index contributed by atoms with van der Waals surface area (Å²) in [6.45, 7) is 1.47. The molecule has 7 nitrogen and oxygen atoms in total. The van der Waals surface area contributed by atoms with Crippen molar-refractivity contribution in [1.82, 2.24) is 9.80 Å². The number of carbonyl (C=O) groups excluding carboxylic acids is 1. The molecule has 3 aliphatic heterocycles. The molecule has 0 radical (unpaired) electrons. The number of allylic oxidation sites excluding steroid dienone is 2. The topological polar surface area (TPSA) is 96.1 Å². The minimum absolute atomic E-state index is 0.0180. The van der Waals surface area contributed by atoms with Gasteiger partial charge in [0.05, 0.1) is 11.3 Å². The van der Waals surface area contributed by atoms with E-state index in [0.717, 1.165) is 12.8 Å². The number of carbonyl (C=O) groups is 1. The number of amides is 1. The molecule has 3 rings (SSSR count). The molecule has 0 aromatic rings. The van der Waals surface area contributed by atoms with Gasteiger partial charge >= 0.3 is 0 Å². The second-order valence-electron chi connectivity index (χ2n) is 5.47. The number of rotatable bonds is 1. The summed E-state index contributed by atoms with van der Waals surface area (Å²) in [4.78, 5) is 16.0. The molecule has 2 N–H and O–H groups in total. The van der Waals surface area contributed by atoms with Crippen LogP contribution < -0.4 is 5.73 Å². The zero-order valence-electron chi connectivity index (χ0n) is 11.6. The Morgan fingerprint density at radius 1 is 1.38 bits per heavy atom. The quantitative estimate of drug-likeness (QED) is 0.700. The van der Waals surface area contributed by atoms with E-state index in [2.05, 4.69) is 4.40 Å². The lowest BCUT2D eigenvalue weighted by molar-refractivity contribution is -0.127. The number of amidine groups is 1. The van der Waals surface area contributed by atoms with E-state index in [1.165, 1.54) is 0 Å². The molecule has 0 saturated carbocycles. The summed E-state index contributed by atoms with van der Waals surface area (Å²) in [5.74, 6) is -0.0000720. The summed E-state index contributed by atoms with van der Waals surface area (Å²) < 4.78 is 27.2. The van der Waals surface area contributed by atoms with Crippen molar-refractivity contribution in [3.63, 3.8) is 0 Å². The minimum Gasteiger partial charge on any atom is -0.337 e. The number of piperidine rings is 1. The molecule has 0 aromatic heterocycles. The predicted molar refractivity (Wildman–Crippen MR) is 78.9 cm³/mol. The van der Waals surface area contributed by atoms with Gasteiger partial charge in [-0.15, -0.1) is 4.40 Å². The molecule has 3 heterocycles. The lowest BCUT2D eigenvalue weighted by Crippen LogP contribution is -2.49. The van der Waals surface area contributed by atoms with Crippen molar-refractivity contribution in [2.45, 2.75) is 18.9 Å². The van der Waals surface area contributed by atoms with Gasteiger partial charge in [-0.1, -0.05) is 0 Å². The maximum Gasteiger partial charge on any atom is 0.257 e. The molecule has 1 saturated heterocycles. The summed E-state index contributed by atoms with van der Waals surface area (Å²) in [5.41, 5.74) is 6.23. The van der Waals surface area contributed by atoms with E-state index in [0.29, 0.717) is 25.2 Å². The molecule has 0 aromatic carbocycles. The van der Waals surface area contributed by atoms with E-state index in [1.54, 1.807) is 28.2 Å². The fourth-order valence-corrected chi connectivity index (χ4v) is 3.73. The van der Waals surface area contributed by atoms with Gasteiger partial charge in [0.1, 0.15) is 0 Å². The number of sulfonamides is 1. The Bertz CT molecular complexity index is 650. The average Bonchev–Trinajstić information content (AvgIpc) is 2.45. The molecule has 1 unspecified atom stereocenters. The van der Waals surface area contributed by atoms with Gasteiger partial charge in [-0.2, -0.15) is 0 Å². The molecule has 1 amide bonds. The standard InChI is InChI=1S/C13H18N4O3S/c14-10-3-1-6-17(9-10)13(18)11-4-2-5-16-7-8-21(19,20)15-12(11)16/h2,4-5,10H,1,3,6-9,14H2. The number of likely N-dealkylation sites (tertiary alicyclic amines) is 1. The van der Waals surface area contributed by atoms with Gasteiger partial charge in [-0.05, 0) is 25.0 Å². The molecule has 0 aliphatic carbocycles. The predicted octanol–water partition coefficient (Wildman–Crippen LogP) is -0.566. The molecule has 0 spiro atoms. The van der Waals surface area contributed by atoms with Crippen LogP contribution in [0.4, 0.5) is 0 Å². The summed E-state index contributed by atoms with van der Waals surface area (Å²) in [7, 11) is -3.48. The molecule has 0 bridgehead atoms. The van der Waals surface area contributed by atoms with Crippen molar-refractivity contribution >= 4 is 21.8 Å². The van der Waals surface area contributed by atoms with E-state index < -0.39 is 10.0 Å². The van der Waals surface area contributed by atoms with Gasteiger partial charge in [0.25, 0.3) is 15.9 Å². The lowest BCUT2D eigenvalue weighted by Gasteiger charge is -2.34. The van der Waals surface area contributed by atoms with Gasteiger partial charge in [0.15, 0.2) is 5.84 Å². The maximum absolute atomic E-state index is 12.6. The second-order valence-corrected chi connectivity index (χ2v) is 7.22. The van der Waals surface area contributed by atoms with Crippen molar-refractivity contribution in [2.75, 3.05) is 25.4 Å². The fraction of sp³-hybridized carbons (Fsp3) is 0.538. The van der Waals surface area contributed by atoms with Gasteiger partial charge in [0.2, 0.25) is 0 Å². The fourth-order valence-electron chi connectivity index (χ4n) is 2.75. The van der Waals surface area contributed by atoms with E-state index >= 15 is 0 Å².